The van der Waals surface area contributed by atoms with Crippen LogP contribution in [0.3, 0.4) is 0 Å². The molecule has 4 heteroatoms. The van der Waals surface area contributed by atoms with E-state index in [9.17, 15) is 8.78 Å². The summed E-state index contributed by atoms with van der Waals surface area (Å²) in [5.41, 5.74) is 0.495. The fourth-order valence-corrected chi connectivity index (χ4v) is 4.74. The normalized spacial score (nSPS) is 34.5. The first-order chi connectivity index (χ1) is 9.24. The van der Waals surface area contributed by atoms with Gasteiger partial charge in [-0.1, -0.05) is 32.4 Å². The quantitative estimate of drug-likeness (QED) is 0.787. The number of halogens is 3. The molecule has 0 saturated heterocycles. The van der Waals surface area contributed by atoms with Crippen LogP contribution in [-0.4, -0.2) is 6.04 Å². The highest BCUT2D eigenvalue weighted by molar-refractivity contribution is 6.33. The summed E-state index contributed by atoms with van der Waals surface area (Å²) >= 11 is 6.01. The van der Waals surface area contributed by atoms with Crippen LogP contribution in [0, 0.1) is 28.4 Å². The Morgan fingerprint density at radius 1 is 1.25 bits per heavy atom. The molecule has 1 aromatic rings. The predicted molar refractivity (Wildman–Crippen MR) is 78.0 cm³/mol. The summed E-state index contributed by atoms with van der Waals surface area (Å²) < 4.78 is 27.1. The van der Waals surface area contributed by atoms with Gasteiger partial charge in [-0.2, -0.15) is 0 Å². The Hall–Kier alpha value is -0.830. The van der Waals surface area contributed by atoms with Gasteiger partial charge in [-0.05, 0) is 42.1 Å². The summed E-state index contributed by atoms with van der Waals surface area (Å²) in [5.74, 6) is -0.596. The molecule has 0 amide bonds. The summed E-state index contributed by atoms with van der Waals surface area (Å²) in [6.07, 6.45) is 3.55. The summed E-state index contributed by atoms with van der Waals surface area (Å²) in [5, 5.41) is 3.41. The van der Waals surface area contributed by atoms with Crippen LogP contribution in [0.1, 0.15) is 40.0 Å². The lowest BCUT2D eigenvalue weighted by atomic mass is 9.68. The van der Waals surface area contributed by atoms with Gasteiger partial charge in [-0.15, -0.1) is 0 Å². The van der Waals surface area contributed by atoms with Crippen molar-refractivity contribution in [3.8, 4) is 0 Å². The largest absolute Gasteiger partial charge is 0.378 e. The number of anilines is 1. The van der Waals surface area contributed by atoms with Gasteiger partial charge in [0.25, 0.3) is 0 Å². The summed E-state index contributed by atoms with van der Waals surface area (Å²) in [6.45, 7) is 6.72. The van der Waals surface area contributed by atoms with E-state index in [-0.39, 0.29) is 27.6 Å². The Kier molecular flexibility index (Phi) is 3.06. The molecule has 20 heavy (non-hydrogen) atoms. The van der Waals surface area contributed by atoms with Crippen molar-refractivity contribution in [3.63, 3.8) is 0 Å². The Morgan fingerprint density at radius 2 is 1.95 bits per heavy atom. The second-order valence-corrected chi connectivity index (χ2v) is 7.64. The van der Waals surface area contributed by atoms with Crippen LogP contribution in [0.2, 0.25) is 5.02 Å². The number of rotatable bonds is 2. The smallest absolute Gasteiger partial charge is 0.150 e. The monoisotopic (exact) mass is 299 g/mol. The molecule has 2 fully saturated rings. The summed E-state index contributed by atoms with van der Waals surface area (Å²) in [7, 11) is 0. The van der Waals surface area contributed by atoms with Gasteiger partial charge >= 0.3 is 0 Å². The molecular weight excluding hydrogens is 280 g/mol. The van der Waals surface area contributed by atoms with Crippen LogP contribution in [0.25, 0.3) is 0 Å². The molecule has 2 bridgehead atoms. The Balaban J connectivity index is 1.96. The van der Waals surface area contributed by atoms with E-state index in [0.29, 0.717) is 5.92 Å². The van der Waals surface area contributed by atoms with Crippen LogP contribution in [0.15, 0.2) is 12.1 Å². The first-order valence-electron chi connectivity index (χ1n) is 7.15. The molecule has 1 unspecified atom stereocenters. The molecule has 1 nitrogen and oxygen atoms in total. The average molecular weight is 300 g/mol. The molecule has 2 aliphatic rings. The van der Waals surface area contributed by atoms with Crippen molar-refractivity contribution in [2.45, 2.75) is 46.1 Å². The van der Waals surface area contributed by atoms with Crippen molar-refractivity contribution < 1.29 is 8.78 Å². The van der Waals surface area contributed by atoms with E-state index in [2.05, 4.69) is 26.1 Å². The van der Waals surface area contributed by atoms with E-state index in [0.717, 1.165) is 25.0 Å². The van der Waals surface area contributed by atoms with Crippen LogP contribution in [0.4, 0.5) is 14.5 Å². The van der Waals surface area contributed by atoms with Crippen LogP contribution in [-0.2, 0) is 0 Å². The van der Waals surface area contributed by atoms with E-state index in [4.69, 9.17) is 11.6 Å². The molecule has 0 radical (unpaired) electrons. The molecule has 0 aromatic heterocycles. The number of nitrogens with one attached hydrogen (secondary N) is 1. The zero-order chi connectivity index (χ0) is 14.7. The lowest BCUT2D eigenvalue weighted by molar-refractivity contribution is 0.155. The number of fused-ring (bicyclic) bond motifs is 2. The van der Waals surface area contributed by atoms with Gasteiger partial charge in [-0.25, -0.2) is 8.78 Å². The minimum atomic E-state index is -0.642. The lowest BCUT2D eigenvalue weighted by Crippen LogP contribution is -2.46. The molecule has 3 rings (SSSR count). The lowest BCUT2D eigenvalue weighted by Gasteiger charge is -2.43. The van der Waals surface area contributed by atoms with Gasteiger partial charge in [0.1, 0.15) is 5.82 Å². The average Bonchev–Trinajstić information content (AvgIpc) is 2.77. The zero-order valence-corrected chi connectivity index (χ0v) is 12.8. The van der Waals surface area contributed by atoms with Crippen molar-refractivity contribution >= 4 is 17.3 Å². The van der Waals surface area contributed by atoms with Crippen molar-refractivity contribution in [1.29, 1.82) is 0 Å². The third kappa shape index (κ3) is 1.93. The maximum atomic E-state index is 14.0. The minimum absolute atomic E-state index is 0.0944. The van der Waals surface area contributed by atoms with E-state index < -0.39 is 11.6 Å². The number of benzene rings is 1. The molecule has 1 aromatic carbocycles. The molecule has 3 atom stereocenters. The first kappa shape index (κ1) is 14.1. The molecule has 110 valence electrons. The third-order valence-corrected chi connectivity index (χ3v) is 5.86. The van der Waals surface area contributed by atoms with Crippen molar-refractivity contribution in [2.24, 2.45) is 16.7 Å². The van der Waals surface area contributed by atoms with Gasteiger partial charge in [0.2, 0.25) is 0 Å². The fraction of sp³-hybridized carbons (Fsp3) is 0.625. The summed E-state index contributed by atoms with van der Waals surface area (Å²) in [4.78, 5) is 0. The second kappa shape index (κ2) is 4.33. The second-order valence-electron chi connectivity index (χ2n) is 7.24. The first-order valence-corrected chi connectivity index (χ1v) is 7.53. The molecule has 2 aliphatic carbocycles. The Bertz CT molecular complexity index is 530. The van der Waals surface area contributed by atoms with Gasteiger partial charge in [0.05, 0.1) is 10.7 Å². The van der Waals surface area contributed by atoms with Crippen LogP contribution >= 0.6 is 11.6 Å². The predicted octanol–water partition coefficient (Wildman–Crippen LogP) is 5.24. The number of hydrogen-bond donors (Lipinski definition) is 1. The zero-order valence-electron chi connectivity index (χ0n) is 12.1. The molecule has 0 aliphatic heterocycles. The van der Waals surface area contributed by atoms with Crippen molar-refractivity contribution in [2.75, 3.05) is 5.32 Å². The molecule has 1 N–H and O–H groups in total. The fourth-order valence-electron chi connectivity index (χ4n) is 4.49. The molecule has 2 saturated carbocycles. The van der Waals surface area contributed by atoms with Crippen molar-refractivity contribution in [3.05, 3.63) is 28.8 Å². The maximum absolute atomic E-state index is 14.0. The standard InChI is InChI=1S/C16H20ClF2N/c1-15(2)9-4-5-16(3,8-9)14(15)20-13-11(17)6-10(18)7-12(13)19/h6-7,9,14,20H,4-5,8H2,1-3H3/t9-,14?,16+/m0/s1. The van der Waals surface area contributed by atoms with E-state index in [1.165, 1.54) is 6.42 Å². The van der Waals surface area contributed by atoms with Gasteiger partial charge in [0.15, 0.2) is 5.82 Å². The van der Waals surface area contributed by atoms with Gasteiger partial charge in [-0.3, -0.25) is 0 Å². The van der Waals surface area contributed by atoms with Gasteiger partial charge in [0, 0.05) is 12.1 Å². The van der Waals surface area contributed by atoms with Gasteiger partial charge < -0.3 is 5.32 Å². The molecule has 0 spiro atoms. The van der Waals surface area contributed by atoms with E-state index in [1.54, 1.807) is 0 Å². The minimum Gasteiger partial charge on any atom is -0.378 e. The Labute approximate surface area is 123 Å². The Morgan fingerprint density at radius 3 is 2.50 bits per heavy atom. The highest BCUT2D eigenvalue weighted by Crippen LogP contribution is 2.63. The van der Waals surface area contributed by atoms with E-state index >= 15 is 0 Å². The maximum Gasteiger partial charge on any atom is 0.150 e. The van der Waals surface area contributed by atoms with E-state index in [1.807, 2.05) is 0 Å². The SMILES string of the molecule is CC1(C)C(Nc2c(F)cc(F)cc2Cl)[C@]2(C)CC[C@H]1C2. The highest BCUT2D eigenvalue weighted by atomic mass is 35.5. The van der Waals surface area contributed by atoms with Crippen LogP contribution < -0.4 is 5.32 Å². The topological polar surface area (TPSA) is 12.0 Å². The van der Waals surface area contributed by atoms with Crippen molar-refractivity contribution in [1.82, 2.24) is 0 Å². The third-order valence-electron chi connectivity index (χ3n) is 5.57. The highest BCUT2D eigenvalue weighted by Gasteiger charge is 2.59. The molecular formula is C16H20ClF2N. The van der Waals surface area contributed by atoms with Crippen LogP contribution in [0.5, 0.6) is 0 Å². The summed E-state index contributed by atoms with van der Waals surface area (Å²) in [6, 6.07) is 2.21. The number of hydrogen-bond acceptors (Lipinski definition) is 1. The molecule has 0 heterocycles.